The summed E-state index contributed by atoms with van der Waals surface area (Å²) in [6.45, 7) is 3.70. The molecule has 6 nitrogen and oxygen atoms in total. The van der Waals surface area contributed by atoms with E-state index in [2.05, 4.69) is 26.9 Å². The van der Waals surface area contributed by atoms with Gasteiger partial charge in [-0.2, -0.15) is 4.31 Å². The van der Waals surface area contributed by atoms with Crippen LogP contribution in [0.2, 0.25) is 0 Å². The van der Waals surface area contributed by atoms with Crippen LogP contribution in [0.5, 0.6) is 0 Å². The molecule has 0 saturated carbocycles. The topological polar surface area (TPSA) is 68.1 Å². The number of nitrogens with zero attached hydrogens (tertiary/aromatic N) is 4. The standard InChI is InChI=1S/C22H26N4O2S/c1-18-7-5-6-10-21(18)29(27,28)26-13-11-19(12-14-26)15-22-24-23-17-25(22)16-20-8-3-2-4-9-20/h2-10,17,19H,11-16H2,1H3. The van der Waals surface area contributed by atoms with E-state index in [1.807, 2.05) is 37.3 Å². The van der Waals surface area contributed by atoms with Gasteiger partial charge in [0.05, 0.1) is 11.4 Å². The Hall–Kier alpha value is -2.51. The second-order valence-corrected chi connectivity index (χ2v) is 9.58. The Morgan fingerprint density at radius 1 is 1.00 bits per heavy atom. The lowest BCUT2D eigenvalue weighted by Crippen LogP contribution is -2.39. The van der Waals surface area contributed by atoms with Gasteiger partial charge in [0.2, 0.25) is 10.0 Å². The number of piperidine rings is 1. The predicted molar refractivity (Wildman–Crippen MR) is 112 cm³/mol. The van der Waals surface area contributed by atoms with Crippen LogP contribution in [0.15, 0.2) is 65.8 Å². The molecule has 7 heteroatoms. The molecular weight excluding hydrogens is 384 g/mol. The third kappa shape index (κ3) is 4.41. The van der Waals surface area contributed by atoms with Gasteiger partial charge >= 0.3 is 0 Å². The summed E-state index contributed by atoms with van der Waals surface area (Å²) in [5, 5.41) is 8.41. The number of sulfonamides is 1. The number of aromatic nitrogens is 3. The highest BCUT2D eigenvalue weighted by Crippen LogP contribution is 2.27. The molecule has 0 spiro atoms. The second kappa shape index (κ2) is 8.47. The molecule has 4 rings (SSSR count). The quantitative estimate of drug-likeness (QED) is 0.625. The van der Waals surface area contributed by atoms with Crippen LogP contribution in [0.1, 0.15) is 29.8 Å². The summed E-state index contributed by atoms with van der Waals surface area (Å²) >= 11 is 0. The lowest BCUT2D eigenvalue weighted by atomic mass is 9.94. The maximum absolute atomic E-state index is 13.0. The Kier molecular flexibility index (Phi) is 5.78. The van der Waals surface area contributed by atoms with Gasteiger partial charge in [-0.15, -0.1) is 10.2 Å². The van der Waals surface area contributed by atoms with Crippen LogP contribution in [-0.2, 0) is 23.0 Å². The van der Waals surface area contributed by atoms with Gasteiger partial charge < -0.3 is 4.57 Å². The molecule has 152 valence electrons. The van der Waals surface area contributed by atoms with E-state index in [0.29, 0.717) is 23.9 Å². The van der Waals surface area contributed by atoms with Crippen LogP contribution in [0.3, 0.4) is 0 Å². The Bertz CT molecular complexity index is 1060. The molecule has 0 amide bonds. The predicted octanol–water partition coefficient (Wildman–Crippen LogP) is 3.28. The van der Waals surface area contributed by atoms with Crippen LogP contribution < -0.4 is 0 Å². The van der Waals surface area contributed by atoms with Gasteiger partial charge in [-0.25, -0.2) is 8.42 Å². The second-order valence-electron chi connectivity index (χ2n) is 7.68. The fourth-order valence-corrected chi connectivity index (χ4v) is 5.64. The molecule has 2 aromatic carbocycles. The lowest BCUT2D eigenvalue weighted by Gasteiger charge is -2.31. The van der Waals surface area contributed by atoms with Crippen LogP contribution in [-0.4, -0.2) is 40.6 Å². The van der Waals surface area contributed by atoms with Crippen LogP contribution in [0.25, 0.3) is 0 Å². The van der Waals surface area contributed by atoms with Crippen molar-refractivity contribution in [3.8, 4) is 0 Å². The van der Waals surface area contributed by atoms with E-state index in [9.17, 15) is 8.42 Å². The van der Waals surface area contributed by atoms with Crippen molar-refractivity contribution in [3.63, 3.8) is 0 Å². The summed E-state index contributed by atoms with van der Waals surface area (Å²) in [5.74, 6) is 1.38. The highest BCUT2D eigenvalue weighted by molar-refractivity contribution is 7.89. The Morgan fingerprint density at radius 2 is 1.69 bits per heavy atom. The zero-order valence-electron chi connectivity index (χ0n) is 16.6. The van der Waals surface area contributed by atoms with E-state index in [0.717, 1.165) is 37.2 Å². The van der Waals surface area contributed by atoms with E-state index in [-0.39, 0.29) is 0 Å². The SMILES string of the molecule is Cc1ccccc1S(=O)(=O)N1CCC(Cc2nncn2Cc2ccccc2)CC1. The third-order valence-electron chi connectivity index (χ3n) is 5.65. The van der Waals surface area contributed by atoms with Crippen LogP contribution in [0, 0.1) is 12.8 Å². The molecule has 2 heterocycles. The molecule has 29 heavy (non-hydrogen) atoms. The molecule has 0 unspecified atom stereocenters. The molecule has 0 radical (unpaired) electrons. The number of rotatable bonds is 6. The maximum Gasteiger partial charge on any atom is 0.243 e. The van der Waals surface area contributed by atoms with Gasteiger partial charge in [-0.3, -0.25) is 0 Å². The van der Waals surface area contributed by atoms with Crippen molar-refractivity contribution in [3.05, 3.63) is 77.9 Å². The molecule has 1 saturated heterocycles. The van der Waals surface area contributed by atoms with Crippen LogP contribution >= 0.6 is 0 Å². The van der Waals surface area contributed by atoms with Gasteiger partial charge in [0.15, 0.2) is 0 Å². The Balaban J connectivity index is 1.39. The molecule has 0 bridgehead atoms. The molecule has 1 aliphatic rings. The van der Waals surface area contributed by atoms with Gasteiger partial charge in [0.25, 0.3) is 0 Å². The van der Waals surface area contributed by atoms with Gasteiger partial charge in [-0.1, -0.05) is 48.5 Å². The first kappa shape index (κ1) is 19.8. The first-order chi connectivity index (χ1) is 14.0. The van der Waals surface area contributed by atoms with Gasteiger partial charge in [-0.05, 0) is 42.9 Å². The molecular formula is C22H26N4O2S. The van der Waals surface area contributed by atoms with Crippen molar-refractivity contribution in [2.45, 2.75) is 37.6 Å². The van der Waals surface area contributed by atoms with Crippen LogP contribution in [0.4, 0.5) is 0 Å². The number of hydrogen-bond acceptors (Lipinski definition) is 4. The normalized spacial score (nSPS) is 16.2. The summed E-state index contributed by atoms with van der Waals surface area (Å²) < 4.78 is 29.7. The van der Waals surface area contributed by atoms with E-state index in [1.165, 1.54) is 5.56 Å². The molecule has 1 aromatic heterocycles. The van der Waals surface area contributed by atoms with E-state index < -0.39 is 10.0 Å². The first-order valence-electron chi connectivity index (χ1n) is 10.0. The van der Waals surface area contributed by atoms with Crippen molar-refractivity contribution in [1.82, 2.24) is 19.1 Å². The first-order valence-corrected chi connectivity index (χ1v) is 11.4. The molecule has 1 aliphatic heterocycles. The van der Waals surface area contributed by atoms with Crippen molar-refractivity contribution < 1.29 is 8.42 Å². The molecule has 3 aromatic rings. The highest BCUT2D eigenvalue weighted by atomic mass is 32.2. The smallest absolute Gasteiger partial charge is 0.243 e. The van der Waals surface area contributed by atoms with Gasteiger partial charge in [0.1, 0.15) is 12.2 Å². The number of benzene rings is 2. The summed E-state index contributed by atoms with van der Waals surface area (Å²) in [5.41, 5.74) is 2.01. The minimum atomic E-state index is -3.43. The average molecular weight is 411 g/mol. The molecule has 1 fully saturated rings. The number of hydrogen-bond donors (Lipinski definition) is 0. The summed E-state index contributed by atoms with van der Waals surface area (Å²) in [7, 11) is -3.43. The number of aryl methyl sites for hydroxylation is 1. The van der Waals surface area contributed by atoms with Crippen molar-refractivity contribution in [2.75, 3.05) is 13.1 Å². The van der Waals surface area contributed by atoms with Crippen molar-refractivity contribution >= 4 is 10.0 Å². The highest BCUT2D eigenvalue weighted by Gasteiger charge is 2.30. The summed E-state index contributed by atoms with van der Waals surface area (Å²) in [6.07, 6.45) is 4.28. The maximum atomic E-state index is 13.0. The summed E-state index contributed by atoms with van der Waals surface area (Å²) in [4.78, 5) is 0.418. The molecule has 0 aliphatic carbocycles. The van der Waals surface area contributed by atoms with Crippen molar-refractivity contribution in [1.29, 1.82) is 0 Å². The lowest BCUT2D eigenvalue weighted by molar-refractivity contribution is 0.269. The average Bonchev–Trinajstić information content (AvgIpc) is 3.16. The van der Waals surface area contributed by atoms with E-state index in [1.54, 1.807) is 22.8 Å². The van der Waals surface area contributed by atoms with Crippen molar-refractivity contribution in [2.24, 2.45) is 5.92 Å². The monoisotopic (exact) mass is 410 g/mol. The largest absolute Gasteiger partial charge is 0.313 e. The van der Waals surface area contributed by atoms with Gasteiger partial charge in [0, 0.05) is 19.5 Å². The zero-order valence-corrected chi connectivity index (χ0v) is 17.4. The summed E-state index contributed by atoms with van der Waals surface area (Å²) in [6, 6.07) is 17.5. The van der Waals surface area contributed by atoms with E-state index >= 15 is 0 Å². The fraction of sp³-hybridized carbons (Fsp3) is 0.364. The zero-order chi connectivity index (χ0) is 20.3. The molecule has 0 N–H and O–H groups in total. The Morgan fingerprint density at radius 3 is 2.41 bits per heavy atom. The fourth-order valence-electron chi connectivity index (χ4n) is 3.95. The third-order valence-corrected chi connectivity index (χ3v) is 7.71. The minimum absolute atomic E-state index is 0.414. The van der Waals surface area contributed by atoms with E-state index in [4.69, 9.17) is 0 Å². The molecule has 0 atom stereocenters. The minimum Gasteiger partial charge on any atom is -0.313 e. The Labute approximate surface area is 172 Å².